The van der Waals surface area contributed by atoms with E-state index in [1.807, 2.05) is 6.07 Å². The van der Waals surface area contributed by atoms with Crippen LogP contribution in [0.3, 0.4) is 0 Å². The number of anilines is 1. The van der Waals surface area contributed by atoms with Crippen molar-refractivity contribution in [3.05, 3.63) is 46.7 Å². The molecule has 0 aliphatic heterocycles. The third kappa shape index (κ3) is 3.58. The highest BCUT2D eigenvalue weighted by atomic mass is 32.1. The molecular weight excluding hydrogens is 357 g/mol. The third-order valence-corrected chi connectivity index (χ3v) is 4.67. The number of halogens is 3. The fourth-order valence-electron chi connectivity index (χ4n) is 2.24. The van der Waals surface area contributed by atoms with Gasteiger partial charge in [-0.05, 0) is 26.0 Å². The van der Waals surface area contributed by atoms with Crippen molar-refractivity contribution >= 4 is 28.1 Å². The summed E-state index contributed by atoms with van der Waals surface area (Å²) < 4.78 is 44.4. The van der Waals surface area contributed by atoms with E-state index in [9.17, 15) is 18.0 Å². The molecule has 132 valence electrons. The molecule has 6 nitrogen and oxygen atoms in total. The van der Waals surface area contributed by atoms with Crippen LogP contribution in [0.1, 0.15) is 29.4 Å². The molecule has 1 unspecified atom stereocenters. The number of hydrogen-bond acceptors (Lipinski definition) is 5. The first-order valence-electron chi connectivity index (χ1n) is 7.21. The van der Waals surface area contributed by atoms with Crippen LogP contribution in [0.4, 0.5) is 23.7 Å². The third-order valence-electron chi connectivity index (χ3n) is 3.38. The quantitative estimate of drug-likeness (QED) is 0.741. The Labute approximate surface area is 144 Å². The van der Waals surface area contributed by atoms with E-state index in [0.717, 1.165) is 15.9 Å². The molecule has 0 fully saturated rings. The number of carbonyl (C=O) groups is 1. The Hall–Kier alpha value is -2.62. The number of carbonyl (C=O) groups excluding carboxylic acids is 1. The molecule has 0 aliphatic carbocycles. The van der Waals surface area contributed by atoms with E-state index in [-0.39, 0.29) is 4.96 Å². The van der Waals surface area contributed by atoms with Gasteiger partial charge in [-0.2, -0.15) is 18.2 Å². The summed E-state index contributed by atoms with van der Waals surface area (Å²) in [4.78, 5) is 16.1. The van der Waals surface area contributed by atoms with Gasteiger partial charge in [0, 0.05) is 5.69 Å². The molecule has 0 bridgehead atoms. The highest BCUT2D eigenvalue weighted by molar-refractivity contribution is 7.17. The summed E-state index contributed by atoms with van der Waals surface area (Å²) in [5.41, 5.74) is 1.02. The fraction of sp³-hybridized carbons (Fsp3) is 0.267. The van der Waals surface area contributed by atoms with Crippen LogP contribution in [0.25, 0.3) is 4.96 Å². The molecule has 10 heteroatoms. The van der Waals surface area contributed by atoms with Crippen molar-refractivity contribution in [2.45, 2.75) is 26.1 Å². The van der Waals surface area contributed by atoms with Gasteiger partial charge in [-0.3, -0.25) is 5.32 Å². The maximum absolute atomic E-state index is 12.7. The number of fused-ring (bicyclic) bond motifs is 1. The zero-order valence-corrected chi connectivity index (χ0v) is 14.0. The first-order chi connectivity index (χ1) is 11.8. The number of aromatic nitrogens is 3. The Morgan fingerprint density at radius 3 is 2.60 bits per heavy atom. The zero-order valence-electron chi connectivity index (χ0n) is 13.2. The minimum atomic E-state index is -4.60. The molecule has 25 heavy (non-hydrogen) atoms. The predicted molar refractivity (Wildman–Crippen MR) is 85.6 cm³/mol. The second-order valence-corrected chi connectivity index (χ2v) is 6.23. The molecule has 3 aromatic rings. The normalized spacial score (nSPS) is 13.0. The number of ether oxygens (including phenoxy) is 1. The van der Waals surface area contributed by atoms with Gasteiger partial charge >= 0.3 is 12.3 Å². The van der Waals surface area contributed by atoms with Crippen molar-refractivity contribution in [3.63, 3.8) is 0 Å². The SMILES string of the molecule is Cc1c(C(C)OC(=O)Nc2ccccc2)sc2nc(C(F)(F)F)nn12. The maximum atomic E-state index is 12.7. The van der Waals surface area contributed by atoms with Gasteiger partial charge in [0.1, 0.15) is 6.10 Å². The summed E-state index contributed by atoms with van der Waals surface area (Å²) in [6.07, 6.45) is -5.92. The molecule has 0 radical (unpaired) electrons. The lowest BCUT2D eigenvalue weighted by Gasteiger charge is -2.13. The number of alkyl halides is 3. The lowest BCUT2D eigenvalue weighted by molar-refractivity contribution is -0.144. The van der Waals surface area contributed by atoms with Gasteiger partial charge in [-0.15, -0.1) is 5.10 Å². The van der Waals surface area contributed by atoms with E-state index in [4.69, 9.17) is 4.74 Å². The van der Waals surface area contributed by atoms with Crippen LogP contribution in [0.2, 0.25) is 0 Å². The number of amides is 1. The number of aryl methyl sites for hydroxylation is 1. The first-order valence-corrected chi connectivity index (χ1v) is 8.03. The van der Waals surface area contributed by atoms with Crippen molar-refractivity contribution in [2.75, 3.05) is 5.32 Å². The Kier molecular flexibility index (Phi) is 4.38. The van der Waals surface area contributed by atoms with Crippen LogP contribution in [-0.4, -0.2) is 20.7 Å². The number of thiazole rings is 1. The van der Waals surface area contributed by atoms with E-state index in [1.165, 1.54) is 0 Å². The van der Waals surface area contributed by atoms with E-state index in [2.05, 4.69) is 15.4 Å². The summed E-state index contributed by atoms with van der Waals surface area (Å²) in [6.45, 7) is 3.23. The Balaban J connectivity index is 1.76. The summed E-state index contributed by atoms with van der Waals surface area (Å²) >= 11 is 1.00. The molecule has 0 saturated heterocycles. The zero-order chi connectivity index (χ0) is 18.2. The average Bonchev–Trinajstić information content (AvgIpc) is 3.08. The Morgan fingerprint density at radius 1 is 1.32 bits per heavy atom. The standard InChI is InChI=1S/C15H13F3N4O2S/c1-8-11(25-13-20-12(15(16,17)18)21-22(8)13)9(2)24-14(23)19-10-6-4-3-5-7-10/h3-7,9H,1-2H3,(H,19,23). The van der Waals surface area contributed by atoms with E-state index >= 15 is 0 Å². The number of nitrogens with zero attached hydrogens (tertiary/aromatic N) is 3. The van der Waals surface area contributed by atoms with Crippen LogP contribution in [0, 0.1) is 6.92 Å². The van der Waals surface area contributed by atoms with Gasteiger partial charge in [0.05, 0.1) is 10.6 Å². The van der Waals surface area contributed by atoms with Crippen molar-refractivity contribution in [3.8, 4) is 0 Å². The molecule has 1 amide bonds. The topological polar surface area (TPSA) is 68.5 Å². The van der Waals surface area contributed by atoms with Gasteiger partial charge < -0.3 is 4.74 Å². The fourth-order valence-corrected chi connectivity index (χ4v) is 3.28. The van der Waals surface area contributed by atoms with Crippen LogP contribution in [0.15, 0.2) is 30.3 Å². The molecule has 2 aromatic heterocycles. The maximum Gasteiger partial charge on any atom is 0.453 e. The van der Waals surface area contributed by atoms with Crippen LogP contribution >= 0.6 is 11.3 Å². The average molecular weight is 370 g/mol. The number of benzene rings is 1. The second-order valence-electron chi connectivity index (χ2n) is 5.22. The van der Waals surface area contributed by atoms with Crippen LogP contribution in [0.5, 0.6) is 0 Å². The molecule has 0 spiro atoms. The Bertz CT molecular complexity index is 905. The number of rotatable bonds is 3. The minimum Gasteiger partial charge on any atom is -0.440 e. The van der Waals surface area contributed by atoms with Gasteiger partial charge in [-0.1, -0.05) is 29.5 Å². The smallest absolute Gasteiger partial charge is 0.440 e. The number of para-hydroxylation sites is 1. The van der Waals surface area contributed by atoms with E-state index < -0.39 is 24.2 Å². The molecule has 0 saturated carbocycles. The summed E-state index contributed by atoms with van der Waals surface area (Å²) in [7, 11) is 0. The monoisotopic (exact) mass is 370 g/mol. The van der Waals surface area contributed by atoms with Crippen LogP contribution < -0.4 is 5.32 Å². The Morgan fingerprint density at radius 2 is 2.00 bits per heavy atom. The summed E-state index contributed by atoms with van der Waals surface area (Å²) in [5, 5.41) is 6.04. The summed E-state index contributed by atoms with van der Waals surface area (Å²) in [6, 6.07) is 8.76. The second kappa shape index (κ2) is 6.36. The van der Waals surface area contributed by atoms with E-state index in [0.29, 0.717) is 16.3 Å². The lowest BCUT2D eigenvalue weighted by Crippen LogP contribution is -2.16. The van der Waals surface area contributed by atoms with Gasteiger partial charge in [0.2, 0.25) is 4.96 Å². The van der Waals surface area contributed by atoms with Crippen molar-refractivity contribution < 1.29 is 22.7 Å². The number of nitrogens with one attached hydrogen (secondary N) is 1. The van der Waals surface area contributed by atoms with Crippen molar-refractivity contribution in [2.24, 2.45) is 0 Å². The molecule has 3 rings (SSSR count). The minimum absolute atomic E-state index is 0.0961. The summed E-state index contributed by atoms with van der Waals surface area (Å²) in [5.74, 6) is -1.19. The highest BCUT2D eigenvalue weighted by Gasteiger charge is 2.37. The van der Waals surface area contributed by atoms with Gasteiger partial charge in [-0.25, -0.2) is 9.31 Å². The number of hydrogen-bond donors (Lipinski definition) is 1. The lowest BCUT2D eigenvalue weighted by atomic mass is 10.3. The highest BCUT2D eigenvalue weighted by Crippen LogP contribution is 2.33. The largest absolute Gasteiger partial charge is 0.453 e. The molecule has 1 N–H and O–H groups in total. The molecule has 1 aromatic carbocycles. The molecule has 1 atom stereocenters. The van der Waals surface area contributed by atoms with Gasteiger partial charge in [0.25, 0.3) is 5.82 Å². The van der Waals surface area contributed by atoms with Crippen LogP contribution in [-0.2, 0) is 10.9 Å². The predicted octanol–water partition coefficient (Wildman–Crippen LogP) is 4.43. The van der Waals surface area contributed by atoms with E-state index in [1.54, 1.807) is 38.1 Å². The molecular formula is C15H13F3N4O2S. The first kappa shape index (κ1) is 17.2. The molecule has 2 heterocycles. The van der Waals surface area contributed by atoms with Crippen molar-refractivity contribution in [1.82, 2.24) is 14.6 Å². The molecule has 0 aliphatic rings. The van der Waals surface area contributed by atoms with Crippen molar-refractivity contribution in [1.29, 1.82) is 0 Å². The van der Waals surface area contributed by atoms with Gasteiger partial charge in [0.15, 0.2) is 0 Å².